The monoisotopic (exact) mass is 328 g/mol. The molecule has 0 fully saturated rings. The second-order valence-corrected chi connectivity index (χ2v) is 6.35. The van der Waals surface area contributed by atoms with Crippen LogP contribution in [0.3, 0.4) is 0 Å². The van der Waals surface area contributed by atoms with Crippen molar-refractivity contribution in [3.05, 3.63) is 71.7 Å². The minimum atomic E-state index is -3.77. The van der Waals surface area contributed by atoms with E-state index in [1.165, 1.54) is 41.2 Å². The summed E-state index contributed by atoms with van der Waals surface area (Å²) in [6.45, 7) is 0. The second-order valence-electron chi connectivity index (χ2n) is 4.79. The van der Waals surface area contributed by atoms with Gasteiger partial charge in [0.15, 0.2) is 0 Å². The molecular formula is C15H12N4O3S. The molecule has 0 saturated heterocycles. The molecule has 23 heavy (non-hydrogen) atoms. The summed E-state index contributed by atoms with van der Waals surface area (Å²) in [6, 6.07) is 8.86. The number of pyridine rings is 1. The van der Waals surface area contributed by atoms with Crippen LogP contribution in [0.25, 0.3) is 16.8 Å². The van der Waals surface area contributed by atoms with Crippen LogP contribution in [-0.4, -0.2) is 23.0 Å². The number of nitrogens with two attached hydrogens (primary N) is 1. The lowest BCUT2D eigenvalue weighted by atomic mass is 10.1. The zero-order chi connectivity index (χ0) is 16.4. The van der Waals surface area contributed by atoms with E-state index in [0.717, 1.165) is 11.1 Å². The summed E-state index contributed by atoms with van der Waals surface area (Å²) in [7, 11) is -3.77. The number of hydrogen-bond acceptors (Lipinski definition) is 5. The van der Waals surface area contributed by atoms with Crippen LogP contribution in [0.15, 0.2) is 71.0 Å². The third kappa shape index (κ3) is 3.17. The molecule has 0 bridgehead atoms. The third-order valence-corrected chi connectivity index (χ3v) is 4.18. The van der Waals surface area contributed by atoms with Gasteiger partial charge in [-0.3, -0.25) is 9.36 Å². The van der Waals surface area contributed by atoms with Gasteiger partial charge in [0.2, 0.25) is 10.0 Å². The summed E-state index contributed by atoms with van der Waals surface area (Å²) in [6.07, 6.45) is 6.35. The lowest BCUT2D eigenvalue weighted by molar-refractivity contribution is 0.598. The van der Waals surface area contributed by atoms with Crippen LogP contribution in [0.1, 0.15) is 0 Å². The van der Waals surface area contributed by atoms with E-state index in [0.29, 0.717) is 5.69 Å². The molecule has 2 aromatic heterocycles. The van der Waals surface area contributed by atoms with Crippen LogP contribution in [0, 0.1) is 0 Å². The second kappa shape index (κ2) is 5.75. The molecule has 116 valence electrons. The first-order valence-electron chi connectivity index (χ1n) is 6.56. The first-order chi connectivity index (χ1) is 10.9. The number of primary sulfonamides is 1. The summed E-state index contributed by atoms with van der Waals surface area (Å²) in [5.74, 6) is 0. The molecule has 2 N–H and O–H groups in total. The van der Waals surface area contributed by atoms with Gasteiger partial charge in [-0.05, 0) is 30.3 Å². The van der Waals surface area contributed by atoms with Crippen molar-refractivity contribution in [3.63, 3.8) is 0 Å². The van der Waals surface area contributed by atoms with Gasteiger partial charge in [-0.25, -0.2) is 23.5 Å². The molecule has 3 rings (SSSR count). The topological polar surface area (TPSA) is 108 Å². The molecule has 0 radical (unpaired) electrons. The fourth-order valence-electron chi connectivity index (χ4n) is 2.10. The number of hydrogen-bond donors (Lipinski definition) is 1. The molecule has 7 nitrogen and oxygen atoms in total. The van der Waals surface area contributed by atoms with Crippen molar-refractivity contribution in [2.24, 2.45) is 5.14 Å². The summed E-state index contributed by atoms with van der Waals surface area (Å²) < 4.78 is 24.0. The van der Waals surface area contributed by atoms with E-state index in [1.54, 1.807) is 24.7 Å². The minimum absolute atomic E-state index is 0.0121. The normalized spacial score (nSPS) is 11.3. The Morgan fingerprint density at radius 3 is 2.17 bits per heavy atom. The van der Waals surface area contributed by atoms with Crippen LogP contribution in [0.5, 0.6) is 0 Å². The van der Waals surface area contributed by atoms with E-state index in [9.17, 15) is 13.2 Å². The Morgan fingerprint density at radius 1 is 0.913 bits per heavy atom. The van der Waals surface area contributed by atoms with E-state index in [2.05, 4.69) is 9.97 Å². The maximum Gasteiger partial charge on any atom is 0.255 e. The molecule has 0 aliphatic heterocycles. The Kier molecular flexibility index (Phi) is 3.77. The molecule has 0 atom stereocenters. The van der Waals surface area contributed by atoms with Gasteiger partial charge in [0.25, 0.3) is 5.56 Å². The summed E-state index contributed by atoms with van der Waals surface area (Å²) in [5.41, 5.74) is 1.82. The van der Waals surface area contributed by atoms with Crippen molar-refractivity contribution in [1.29, 1.82) is 0 Å². The Bertz CT molecular complexity index is 997. The van der Waals surface area contributed by atoms with E-state index in [4.69, 9.17) is 5.14 Å². The fourth-order valence-corrected chi connectivity index (χ4v) is 2.62. The van der Waals surface area contributed by atoms with E-state index < -0.39 is 10.0 Å². The summed E-state index contributed by atoms with van der Waals surface area (Å²) in [5, 5.41) is 5.07. The van der Waals surface area contributed by atoms with Crippen LogP contribution < -0.4 is 10.7 Å². The van der Waals surface area contributed by atoms with Crippen LogP contribution in [0.4, 0.5) is 0 Å². The largest absolute Gasteiger partial charge is 0.284 e. The number of rotatable bonds is 3. The maximum atomic E-state index is 12.1. The van der Waals surface area contributed by atoms with Crippen molar-refractivity contribution >= 4 is 10.0 Å². The Balaban J connectivity index is 2.08. The van der Waals surface area contributed by atoms with E-state index in [-0.39, 0.29) is 10.5 Å². The number of aromatic nitrogens is 3. The lowest BCUT2D eigenvalue weighted by Crippen LogP contribution is -2.17. The first kappa shape index (κ1) is 15.1. The van der Waals surface area contributed by atoms with Crippen molar-refractivity contribution in [2.75, 3.05) is 0 Å². The predicted octanol–water partition coefficient (Wildman–Crippen LogP) is 0.942. The third-order valence-electron chi connectivity index (χ3n) is 3.25. The van der Waals surface area contributed by atoms with Crippen LogP contribution >= 0.6 is 0 Å². The van der Waals surface area contributed by atoms with Gasteiger partial charge < -0.3 is 0 Å². The zero-order valence-electron chi connectivity index (χ0n) is 11.8. The average molecular weight is 328 g/mol. The van der Waals surface area contributed by atoms with Gasteiger partial charge in [-0.2, -0.15) is 0 Å². The van der Waals surface area contributed by atoms with Crippen molar-refractivity contribution in [3.8, 4) is 16.8 Å². The van der Waals surface area contributed by atoms with Gasteiger partial charge in [-0.1, -0.05) is 0 Å². The smallest absolute Gasteiger partial charge is 0.255 e. The van der Waals surface area contributed by atoms with E-state index >= 15 is 0 Å². The van der Waals surface area contributed by atoms with Gasteiger partial charge in [0.05, 0.1) is 4.90 Å². The molecule has 8 heteroatoms. The molecule has 0 aliphatic carbocycles. The fraction of sp³-hybridized carbons (Fsp3) is 0. The highest BCUT2D eigenvalue weighted by Crippen LogP contribution is 2.17. The van der Waals surface area contributed by atoms with Crippen LogP contribution in [0.2, 0.25) is 0 Å². The number of nitrogens with zero attached hydrogens (tertiary/aromatic N) is 3. The van der Waals surface area contributed by atoms with Gasteiger partial charge in [-0.15, -0.1) is 0 Å². The quantitative estimate of drug-likeness (QED) is 0.770. The molecule has 0 amide bonds. The SMILES string of the molecule is NS(=O)(=O)c1ccc(-n2cc(-c3cncnc3)ccc2=O)cc1. The Morgan fingerprint density at radius 2 is 1.57 bits per heavy atom. The van der Waals surface area contributed by atoms with Crippen molar-refractivity contribution in [1.82, 2.24) is 14.5 Å². The van der Waals surface area contributed by atoms with Crippen LogP contribution in [-0.2, 0) is 10.0 Å². The molecule has 0 aliphatic rings. The molecule has 3 aromatic rings. The highest BCUT2D eigenvalue weighted by atomic mass is 32.2. The van der Waals surface area contributed by atoms with Gasteiger partial charge >= 0.3 is 0 Å². The molecule has 2 heterocycles. The highest BCUT2D eigenvalue weighted by molar-refractivity contribution is 7.89. The predicted molar refractivity (Wildman–Crippen MR) is 84.4 cm³/mol. The molecule has 1 aromatic carbocycles. The molecule has 0 saturated carbocycles. The van der Waals surface area contributed by atoms with Crippen molar-refractivity contribution < 1.29 is 8.42 Å². The molecule has 0 spiro atoms. The Labute approximate surface area is 132 Å². The molecule has 0 unspecified atom stereocenters. The zero-order valence-corrected chi connectivity index (χ0v) is 12.6. The average Bonchev–Trinajstić information content (AvgIpc) is 2.55. The summed E-state index contributed by atoms with van der Waals surface area (Å²) in [4.78, 5) is 20.0. The highest BCUT2D eigenvalue weighted by Gasteiger charge is 2.08. The Hall–Kier alpha value is -2.84. The number of sulfonamides is 1. The number of benzene rings is 1. The minimum Gasteiger partial charge on any atom is -0.284 e. The summed E-state index contributed by atoms with van der Waals surface area (Å²) >= 11 is 0. The lowest BCUT2D eigenvalue weighted by Gasteiger charge is -2.09. The first-order valence-corrected chi connectivity index (χ1v) is 8.11. The van der Waals surface area contributed by atoms with Crippen molar-refractivity contribution in [2.45, 2.75) is 4.90 Å². The maximum absolute atomic E-state index is 12.1. The molecular weight excluding hydrogens is 316 g/mol. The van der Waals surface area contributed by atoms with Gasteiger partial charge in [0, 0.05) is 41.5 Å². The van der Waals surface area contributed by atoms with Gasteiger partial charge in [0.1, 0.15) is 6.33 Å². The standard InChI is InChI=1S/C15H12N4O3S/c16-23(21,22)14-4-2-13(3-5-14)19-9-11(1-6-15(19)20)12-7-17-10-18-8-12/h1-10H,(H2,16,21,22). The van der Waals surface area contributed by atoms with E-state index in [1.807, 2.05) is 0 Å².